The molecule has 0 bridgehead atoms. The highest BCUT2D eigenvalue weighted by atomic mass is 32.2. The topological polar surface area (TPSA) is 84.9 Å². The van der Waals surface area contributed by atoms with Crippen LogP contribution in [0.2, 0.25) is 0 Å². The summed E-state index contributed by atoms with van der Waals surface area (Å²) >= 11 is 1.20. The fourth-order valence-corrected chi connectivity index (χ4v) is 5.88. The van der Waals surface area contributed by atoms with Crippen LogP contribution in [0, 0.1) is 5.92 Å². The first-order valence-corrected chi connectivity index (χ1v) is 11.8. The number of amides is 1. The van der Waals surface area contributed by atoms with Crippen LogP contribution in [0.5, 0.6) is 11.5 Å². The number of benzene rings is 1. The Morgan fingerprint density at radius 3 is 2.66 bits per heavy atom. The zero-order chi connectivity index (χ0) is 20.9. The van der Waals surface area contributed by atoms with E-state index >= 15 is 0 Å². The van der Waals surface area contributed by atoms with E-state index in [1.165, 1.54) is 15.6 Å². The summed E-state index contributed by atoms with van der Waals surface area (Å²) in [6.07, 6.45) is 1.34. The molecule has 0 aliphatic carbocycles. The fraction of sp³-hybridized carbons (Fsp3) is 0.450. The Labute approximate surface area is 175 Å². The molecule has 0 saturated carbocycles. The SMILES string of the molecule is COc1ccc(OC[C@@H](C)NC(=O)[C@H]2CCCN(S(=O)(=O)c3cccs3)C2)cc1. The van der Waals surface area contributed by atoms with E-state index in [1.54, 1.807) is 24.6 Å². The molecular weight excluding hydrogens is 412 g/mol. The molecule has 1 N–H and O–H groups in total. The van der Waals surface area contributed by atoms with Gasteiger partial charge in [-0.3, -0.25) is 4.79 Å². The van der Waals surface area contributed by atoms with Crippen LogP contribution in [0.15, 0.2) is 46.0 Å². The van der Waals surface area contributed by atoms with Crippen LogP contribution in [0.4, 0.5) is 0 Å². The summed E-state index contributed by atoms with van der Waals surface area (Å²) in [6.45, 7) is 2.84. The first kappa shape index (κ1) is 21.6. The Morgan fingerprint density at radius 1 is 1.28 bits per heavy atom. The average Bonchev–Trinajstić information content (AvgIpc) is 3.28. The van der Waals surface area contributed by atoms with Crippen LogP contribution >= 0.6 is 11.3 Å². The summed E-state index contributed by atoms with van der Waals surface area (Å²) in [6, 6.07) is 10.4. The average molecular weight is 439 g/mol. The van der Waals surface area contributed by atoms with Gasteiger partial charge in [0.1, 0.15) is 22.3 Å². The normalized spacial score (nSPS) is 18.8. The number of carbonyl (C=O) groups excluding carboxylic acids is 1. The lowest BCUT2D eigenvalue weighted by Gasteiger charge is -2.31. The van der Waals surface area contributed by atoms with Crippen LogP contribution in [0.25, 0.3) is 0 Å². The van der Waals surface area contributed by atoms with Crippen molar-refractivity contribution in [2.45, 2.75) is 30.0 Å². The zero-order valence-electron chi connectivity index (χ0n) is 16.5. The first-order valence-electron chi connectivity index (χ1n) is 9.51. The molecule has 0 radical (unpaired) electrons. The summed E-state index contributed by atoms with van der Waals surface area (Å²) in [5, 5.41) is 4.68. The van der Waals surface area contributed by atoms with Crippen molar-refractivity contribution in [3.63, 3.8) is 0 Å². The van der Waals surface area contributed by atoms with E-state index in [2.05, 4.69) is 5.32 Å². The van der Waals surface area contributed by atoms with Crippen LogP contribution in [-0.2, 0) is 14.8 Å². The minimum Gasteiger partial charge on any atom is -0.497 e. The molecule has 3 rings (SSSR count). The lowest BCUT2D eigenvalue weighted by Crippen LogP contribution is -2.47. The highest BCUT2D eigenvalue weighted by Gasteiger charge is 2.34. The number of rotatable bonds is 8. The van der Waals surface area contributed by atoms with Crippen molar-refractivity contribution >= 4 is 27.3 Å². The summed E-state index contributed by atoms with van der Waals surface area (Å²) in [4.78, 5) is 12.7. The Hall–Kier alpha value is -2.10. The Balaban J connectivity index is 1.51. The zero-order valence-corrected chi connectivity index (χ0v) is 18.2. The van der Waals surface area contributed by atoms with E-state index in [9.17, 15) is 13.2 Å². The van der Waals surface area contributed by atoms with E-state index in [0.29, 0.717) is 36.0 Å². The molecule has 2 atom stereocenters. The number of nitrogens with one attached hydrogen (secondary N) is 1. The molecule has 1 amide bonds. The number of carbonyl (C=O) groups is 1. The molecule has 1 fully saturated rings. The van der Waals surface area contributed by atoms with E-state index in [4.69, 9.17) is 9.47 Å². The summed E-state index contributed by atoms with van der Waals surface area (Å²) in [7, 11) is -1.93. The number of piperidine rings is 1. The maximum atomic E-state index is 12.7. The van der Waals surface area contributed by atoms with Crippen LogP contribution in [0.1, 0.15) is 19.8 Å². The van der Waals surface area contributed by atoms with Crippen LogP contribution in [0.3, 0.4) is 0 Å². The maximum absolute atomic E-state index is 12.7. The minimum atomic E-state index is -3.53. The Kier molecular flexibility index (Phi) is 7.15. The lowest BCUT2D eigenvalue weighted by molar-refractivity contribution is -0.126. The van der Waals surface area contributed by atoms with Gasteiger partial charge in [0.05, 0.1) is 19.1 Å². The number of sulfonamides is 1. The van der Waals surface area contributed by atoms with Gasteiger partial charge >= 0.3 is 0 Å². The van der Waals surface area contributed by atoms with Crippen molar-refractivity contribution in [2.24, 2.45) is 5.92 Å². The first-order chi connectivity index (χ1) is 13.9. The molecule has 1 aromatic heterocycles. The fourth-order valence-electron chi connectivity index (χ4n) is 3.21. The van der Waals surface area contributed by atoms with E-state index in [1.807, 2.05) is 31.2 Å². The largest absolute Gasteiger partial charge is 0.497 e. The quantitative estimate of drug-likeness (QED) is 0.685. The van der Waals surface area contributed by atoms with Gasteiger partial charge in [-0.05, 0) is 55.5 Å². The number of hydrogen-bond acceptors (Lipinski definition) is 6. The second-order valence-corrected chi connectivity index (χ2v) is 10.1. The minimum absolute atomic E-state index is 0.137. The van der Waals surface area contributed by atoms with Gasteiger partial charge in [-0.2, -0.15) is 4.31 Å². The Bertz CT molecular complexity index is 897. The van der Waals surface area contributed by atoms with Crippen molar-refractivity contribution in [1.29, 1.82) is 0 Å². The van der Waals surface area contributed by atoms with Gasteiger partial charge in [0, 0.05) is 13.1 Å². The van der Waals surface area contributed by atoms with Gasteiger partial charge in [-0.1, -0.05) is 6.07 Å². The van der Waals surface area contributed by atoms with Gasteiger partial charge < -0.3 is 14.8 Å². The molecule has 158 valence electrons. The summed E-state index contributed by atoms with van der Waals surface area (Å²) < 4.78 is 38.0. The van der Waals surface area contributed by atoms with Crippen molar-refractivity contribution in [1.82, 2.24) is 9.62 Å². The Morgan fingerprint density at radius 2 is 2.00 bits per heavy atom. The summed E-state index contributed by atoms with van der Waals surface area (Å²) in [5.41, 5.74) is 0. The predicted octanol–water partition coefficient (Wildman–Crippen LogP) is 2.74. The standard InChI is InChI=1S/C20H26N2O5S2/c1-15(14-27-18-9-7-17(26-2)8-10-18)21-20(23)16-5-3-11-22(13-16)29(24,25)19-6-4-12-28-19/h4,6-10,12,15-16H,3,5,11,13-14H2,1-2H3,(H,21,23)/t15-,16+/m1/s1. The molecule has 1 aliphatic heterocycles. The molecule has 1 aromatic carbocycles. The third-order valence-corrected chi connectivity index (χ3v) is 8.03. The lowest BCUT2D eigenvalue weighted by atomic mass is 9.98. The summed E-state index contributed by atoms with van der Waals surface area (Å²) in [5.74, 6) is 0.944. The highest BCUT2D eigenvalue weighted by molar-refractivity contribution is 7.91. The van der Waals surface area contributed by atoms with Gasteiger partial charge in [0.2, 0.25) is 5.91 Å². The molecule has 2 aromatic rings. The predicted molar refractivity (Wildman–Crippen MR) is 112 cm³/mol. The van der Waals surface area contributed by atoms with E-state index in [-0.39, 0.29) is 24.4 Å². The second kappa shape index (κ2) is 9.60. The molecule has 1 saturated heterocycles. The highest BCUT2D eigenvalue weighted by Crippen LogP contribution is 2.26. The van der Waals surface area contributed by atoms with Crippen molar-refractivity contribution in [3.8, 4) is 11.5 Å². The van der Waals surface area contributed by atoms with E-state index < -0.39 is 10.0 Å². The van der Waals surface area contributed by atoms with Crippen LogP contribution < -0.4 is 14.8 Å². The van der Waals surface area contributed by atoms with E-state index in [0.717, 1.165) is 5.75 Å². The van der Waals surface area contributed by atoms with Gasteiger partial charge in [0.15, 0.2) is 0 Å². The molecule has 9 heteroatoms. The number of ether oxygens (including phenoxy) is 2. The van der Waals surface area contributed by atoms with Gasteiger partial charge in [0.25, 0.3) is 10.0 Å². The molecule has 0 spiro atoms. The van der Waals surface area contributed by atoms with Crippen molar-refractivity contribution in [2.75, 3.05) is 26.8 Å². The van der Waals surface area contributed by atoms with Crippen molar-refractivity contribution < 1.29 is 22.7 Å². The smallest absolute Gasteiger partial charge is 0.252 e. The van der Waals surface area contributed by atoms with Crippen LogP contribution in [-0.4, -0.2) is 51.5 Å². The van der Waals surface area contributed by atoms with Crippen molar-refractivity contribution in [3.05, 3.63) is 41.8 Å². The number of thiophene rings is 1. The molecular formula is C20H26N2O5S2. The number of nitrogens with zero attached hydrogens (tertiary/aromatic N) is 1. The third-order valence-electron chi connectivity index (χ3n) is 4.79. The molecule has 2 heterocycles. The molecule has 29 heavy (non-hydrogen) atoms. The second-order valence-electron chi connectivity index (χ2n) is 7.03. The maximum Gasteiger partial charge on any atom is 0.252 e. The van der Waals surface area contributed by atoms with Gasteiger partial charge in [-0.25, -0.2) is 8.42 Å². The molecule has 0 unspecified atom stereocenters. The number of hydrogen-bond donors (Lipinski definition) is 1. The monoisotopic (exact) mass is 438 g/mol. The third kappa shape index (κ3) is 5.49. The molecule has 1 aliphatic rings. The van der Waals surface area contributed by atoms with Gasteiger partial charge in [-0.15, -0.1) is 11.3 Å². The number of methoxy groups -OCH3 is 1. The molecule has 7 nitrogen and oxygen atoms in total.